The summed E-state index contributed by atoms with van der Waals surface area (Å²) in [5, 5.41) is 12.8. The summed E-state index contributed by atoms with van der Waals surface area (Å²) in [7, 11) is 0. The van der Waals surface area contributed by atoms with Gasteiger partial charge in [-0.1, -0.05) is 29.4 Å². The highest BCUT2D eigenvalue weighted by Gasteiger charge is 2.32. The first kappa shape index (κ1) is 20.4. The Balaban J connectivity index is 1.35. The Morgan fingerprint density at radius 2 is 2.00 bits per heavy atom. The monoisotopic (exact) mass is 440 g/mol. The summed E-state index contributed by atoms with van der Waals surface area (Å²) < 4.78 is 25.2. The van der Waals surface area contributed by atoms with Crippen LogP contribution in [0.1, 0.15) is 32.7 Å². The summed E-state index contributed by atoms with van der Waals surface area (Å²) >= 11 is 0. The topological polar surface area (TPSA) is 92.2 Å². The van der Waals surface area contributed by atoms with Crippen molar-refractivity contribution in [1.29, 1.82) is 5.26 Å². The second-order valence-electron chi connectivity index (χ2n) is 7.70. The molecule has 33 heavy (non-hydrogen) atoms. The minimum Gasteiger partial charge on any atom is -0.435 e. The summed E-state index contributed by atoms with van der Waals surface area (Å²) in [6.45, 7) is 2.65. The lowest BCUT2D eigenvalue weighted by atomic mass is 10.1. The van der Waals surface area contributed by atoms with Crippen LogP contribution in [0.4, 0.5) is 4.39 Å². The Labute approximate surface area is 188 Å². The first-order chi connectivity index (χ1) is 16.0. The highest BCUT2D eigenvalue weighted by atomic mass is 19.1. The highest BCUT2D eigenvalue weighted by Crippen LogP contribution is 2.34. The minimum absolute atomic E-state index is 0.0413. The van der Waals surface area contributed by atoms with Gasteiger partial charge in [0.05, 0.1) is 17.3 Å². The van der Waals surface area contributed by atoms with Gasteiger partial charge < -0.3 is 14.2 Å². The largest absolute Gasteiger partial charge is 0.435 e. The number of carbonyl (C=O) groups is 1. The molecule has 0 bridgehead atoms. The number of ether oxygens (including phenoxy) is 1. The van der Waals surface area contributed by atoms with E-state index >= 15 is 0 Å². The molecule has 162 valence electrons. The zero-order chi connectivity index (χ0) is 22.9. The molecule has 0 saturated carbocycles. The number of hydrogen-bond donors (Lipinski definition) is 0. The molecule has 0 spiro atoms. The van der Waals surface area contributed by atoms with Gasteiger partial charge in [0.15, 0.2) is 17.3 Å². The van der Waals surface area contributed by atoms with Crippen molar-refractivity contribution in [2.24, 2.45) is 0 Å². The minimum atomic E-state index is -0.696. The van der Waals surface area contributed by atoms with Gasteiger partial charge in [-0.05, 0) is 42.3 Å². The normalized spacial score (nSPS) is 12.5. The molecule has 5 rings (SSSR count). The maximum Gasteiger partial charge on any atom is 0.260 e. The molecule has 1 aliphatic heterocycles. The zero-order valence-corrected chi connectivity index (χ0v) is 17.6. The Kier molecular flexibility index (Phi) is 5.07. The fourth-order valence-corrected chi connectivity index (χ4v) is 3.73. The molecule has 0 saturated heterocycles. The van der Waals surface area contributed by atoms with Crippen molar-refractivity contribution < 1.29 is 18.4 Å². The summed E-state index contributed by atoms with van der Waals surface area (Å²) in [6.07, 6.45) is 1.53. The van der Waals surface area contributed by atoms with Crippen molar-refractivity contribution >= 4 is 5.91 Å². The van der Waals surface area contributed by atoms with Crippen molar-refractivity contribution in [3.63, 3.8) is 0 Å². The molecule has 0 N–H and O–H groups in total. The summed E-state index contributed by atoms with van der Waals surface area (Å²) in [6, 6.07) is 17.1. The van der Waals surface area contributed by atoms with E-state index in [9.17, 15) is 9.18 Å². The molecule has 7 nitrogen and oxygen atoms in total. The zero-order valence-electron chi connectivity index (χ0n) is 17.6. The second-order valence-corrected chi connectivity index (χ2v) is 7.70. The predicted molar refractivity (Wildman–Crippen MR) is 116 cm³/mol. The van der Waals surface area contributed by atoms with E-state index in [0.717, 1.165) is 28.5 Å². The van der Waals surface area contributed by atoms with Gasteiger partial charge in [0.25, 0.3) is 5.91 Å². The van der Waals surface area contributed by atoms with Gasteiger partial charge in [0.1, 0.15) is 5.56 Å². The second kappa shape index (κ2) is 8.20. The first-order valence-electron chi connectivity index (χ1n) is 10.2. The number of nitriles is 1. The third-order valence-corrected chi connectivity index (χ3v) is 5.37. The quantitative estimate of drug-likeness (QED) is 0.433. The number of aryl methyl sites for hydroxylation is 1. The van der Waals surface area contributed by atoms with Crippen molar-refractivity contribution in [2.45, 2.75) is 20.0 Å². The Bertz CT molecular complexity index is 1410. The molecule has 4 aromatic rings. The van der Waals surface area contributed by atoms with Crippen LogP contribution in [-0.2, 0) is 13.1 Å². The number of amides is 1. The molecule has 0 radical (unpaired) electrons. The number of carbonyl (C=O) groups excluding carboxylic acids is 1. The molecule has 0 atom stereocenters. The lowest BCUT2D eigenvalue weighted by Crippen LogP contribution is -2.23. The maximum atomic E-state index is 14.3. The van der Waals surface area contributed by atoms with Gasteiger partial charge in [-0.2, -0.15) is 5.26 Å². The average molecular weight is 440 g/mol. The van der Waals surface area contributed by atoms with Crippen LogP contribution in [0.3, 0.4) is 0 Å². The van der Waals surface area contributed by atoms with Crippen molar-refractivity contribution in [3.8, 4) is 29.0 Å². The molecule has 1 amide bonds. The molecule has 0 fully saturated rings. The highest BCUT2D eigenvalue weighted by molar-refractivity contribution is 6.00. The van der Waals surface area contributed by atoms with Crippen LogP contribution in [0.15, 0.2) is 65.3 Å². The lowest BCUT2D eigenvalue weighted by molar-refractivity contribution is 0.0764. The molecule has 0 aliphatic carbocycles. The molecule has 2 aromatic carbocycles. The number of halogens is 1. The van der Waals surface area contributed by atoms with E-state index in [1.54, 1.807) is 11.0 Å². The van der Waals surface area contributed by atoms with Crippen molar-refractivity contribution in [1.82, 2.24) is 15.0 Å². The Hall–Kier alpha value is -4.51. The third kappa shape index (κ3) is 3.92. The number of pyridine rings is 1. The predicted octanol–water partition coefficient (Wildman–Crippen LogP) is 5.00. The molecule has 3 heterocycles. The van der Waals surface area contributed by atoms with E-state index in [1.807, 2.05) is 43.3 Å². The van der Waals surface area contributed by atoms with Gasteiger partial charge in [-0.15, -0.1) is 0 Å². The van der Waals surface area contributed by atoms with Crippen LogP contribution in [0.5, 0.6) is 11.6 Å². The molecular weight excluding hydrogens is 423 g/mol. The third-order valence-electron chi connectivity index (χ3n) is 5.37. The van der Waals surface area contributed by atoms with Crippen molar-refractivity contribution in [2.75, 3.05) is 0 Å². The van der Waals surface area contributed by atoms with Gasteiger partial charge in [0, 0.05) is 30.9 Å². The van der Waals surface area contributed by atoms with Crippen LogP contribution >= 0.6 is 0 Å². The first-order valence-corrected chi connectivity index (χ1v) is 10.2. The molecule has 1 aliphatic rings. The van der Waals surface area contributed by atoms with Crippen molar-refractivity contribution in [3.05, 3.63) is 94.6 Å². The molecule has 0 unspecified atom stereocenters. The van der Waals surface area contributed by atoms with E-state index in [1.165, 1.54) is 18.3 Å². The number of benzene rings is 2. The number of rotatable bonds is 5. The van der Waals surface area contributed by atoms with Gasteiger partial charge in [-0.25, -0.2) is 9.37 Å². The Morgan fingerprint density at radius 1 is 1.18 bits per heavy atom. The van der Waals surface area contributed by atoms with Crippen LogP contribution in [0, 0.1) is 24.1 Å². The van der Waals surface area contributed by atoms with E-state index in [4.69, 9.17) is 14.5 Å². The van der Waals surface area contributed by atoms with E-state index < -0.39 is 5.82 Å². The summed E-state index contributed by atoms with van der Waals surface area (Å²) in [5.74, 6) is -0.305. The SMILES string of the molecule is Cc1cc(-c2ccc(CN3Cc4ccnc(Oc5ccc(C#N)cc5F)c4C3=O)cc2)on1. The molecule has 2 aromatic heterocycles. The standard InChI is InChI=1S/C25H17FN4O3/c1-15-10-22(33-29-15)18-5-2-16(3-6-18)13-30-14-19-8-9-28-24(23(19)25(30)31)32-21-7-4-17(12-27)11-20(21)26/h2-11H,13-14H2,1H3. The van der Waals surface area contributed by atoms with Crippen LogP contribution in [0.2, 0.25) is 0 Å². The molecular formula is C25H17FN4O3. The van der Waals surface area contributed by atoms with Gasteiger partial charge in [-0.3, -0.25) is 4.79 Å². The fraction of sp³-hybridized carbons (Fsp3) is 0.120. The van der Waals surface area contributed by atoms with Crippen LogP contribution in [-0.4, -0.2) is 20.9 Å². The smallest absolute Gasteiger partial charge is 0.260 e. The van der Waals surface area contributed by atoms with Crippen LogP contribution in [0.25, 0.3) is 11.3 Å². The number of aromatic nitrogens is 2. The van der Waals surface area contributed by atoms with Crippen LogP contribution < -0.4 is 4.74 Å². The fourth-order valence-electron chi connectivity index (χ4n) is 3.73. The number of hydrogen-bond acceptors (Lipinski definition) is 6. The number of nitrogens with zero attached hydrogens (tertiary/aromatic N) is 4. The summed E-state index contributed by atoms with van der Waals surface area (Å²) in [5.41, 5.74) is 3.91. The lowest BCUT2D eigenvalue weighted by Gasteiger charge is -2.16. The van der Waals surface area contributed by atoms with Gasteiger partial charge in [0.2, 0.25) is 5.88 Å². The summed E-state index contributed by atoms with van der Waals surface area (Å²) in [4.78, 5) is 19.0. The van der Waals surface area contributed by atoms with E-state index in [-0.39, 0.29) is 23.1 Å². The average Bonchev–Trinajstić information content (AvgIpc) is 3.39. The van der Waals surface area contributed by atoms with E-state index in [2.05, 4.69) is 10.1 Å². The van der Waals surface area contributed by atoms with E-state index in [0.29, 0.717) is 24.4 Å². The maximum absolute atomic E-state index is 14.3. The Morgan fingerprint density at radius 3 is 2.70 bits per heavy atom. The van der Waals surface area contributed by atoms with Gasteiger partial charge >= 0.3 is 0 Å². The molecule has 8 heteroatoms. The number of fused-ring (bicyclic) bond motifs is 1.